The van der Waals surface area contributed by atoms with E-state index in [1.807, 2.05) is 26.0 Å². The predicted octanol–water partition coefficient (Wildman–Crippen LogP) is 8.85. The Kier molecular flexibility index (Phi) is 24.8. The summed E-state index contributed by atoms with van der Waals surface area (Å²) in [4.78, 5) is 23.2. The molecule has 0 spiro atoms. The van der Waals surface area contributed by atoms with Gasteiger partial charge in [0.15, 0.2) is 0 Å². The van der Waals surface area contributed by atoms with Crippen molar-refractivity contribution in [1.29, 1.82) is 0 Å². The zero-order valence-corrected chi connectivity index (χ0v) is 30.6. The molecule has 0 fully saturated rings. The van der Waals surface area contributed by atoms with E-state index in [0.29, 0.717) is 13.2 Å². The van der Waals surface area contributed by atoms with Gasteiger partial charge in [0.2, 0.25) is 0 Å². The second-order valence-corrected chi connectivity index (χ2v) is 14.2. The molecule has 0 radical (unpaired) electrons. The summed E-state index contributed by atoms with van der Waals surface area (Å²) in [5.74, 6) is -0.283. The number of esters is 2. The highest BCUT2D eigenvalue weighted by atomic mass is 16.6. The number of cyclic esters (lactones) is 2. The Morgan fingerprint density at radius 1 is 0.500 bits per heavy atom. The standard InChI is InChI=1S/C40H70O8/c1-33-31-35(39(43)47-33)21-13-5-3-7-15-23-37(41)25-17-9-11-19-27-45-29-30-46-28-20-12-10-18-26-38(42)24-16-8-4-6-14-22-36-32-34(2)48-40(36)44/h31-34,37-38,41-42H,3-30H2,1-2H3/t33-,34-,37?,38?/m0/s1. The summed E-state index contributed by atoms with van der Waals surface area (Å²) < 4.78 is 21.7. The van der Waals surface area contributed by atoms with Crippen LogP contribution < -0.4 is 0 Å². The third kappa shape index (κ3) is 22.1. The average Bonchev–Trinajstić information content (AvgIpc) is 3.56. The molecule has 8 heteroatoms. The van der Waals surface area contributed by atoms with Crippen molar-refractivity contribution in [3.05, 3.63) is 23.3 Å². The van der Waals surface area contributed by atoms with Gasteiger partial charge >= 0.3 is 11.9 Å². The zero-order valence-electron chi connectivity index (χ0n) is 30.6. The Bertz CT molecular complexity index is 828. The van der Waals surface area contributed by atoms with Gasteiger partial charge in [0.25, 0.3) is 0 Å². The topological polar surface area (TPSA) is 112 Å². The van der Waals surface area contributed by atoms with Gasteiger partial charge < -0.3 is 29.2 Å². The van der Waals surface area contributed by atoms with Gasteiger partial charge in [-0.1, -0.05) is 89.9 Å². The van der Waals surface area contributed by atoms with Gasteiger partial charge in [-0.05, 0) is 90.2 Å². The molecule has 278 valence electrons. The van der Waals surface area contributed by atoms with Gasteiger partial charge in [-0.15, -0.1) is 0 Å². The maximum Gasteiger partial charge on any atom is 0.334 e. The van der Waals surface area contributed by atoms with Crippen LogP contribution in [0, 0.1) is 0 Å². The highest BCUT2D eigenvalue weighted by Crippen LogP contribution is 2.22. The minimum atomic E-state index is -0.179. The molecule has 0 aromatic carbocycles. The first kappa shape index (κ1) is 42.4. The summed E-state index contributed by atoms with van der Waals surface area (Å²) in [7, 11) is 0. The van der Waals surface area contributed by atoms with Crippen LogP contribution in [-0.2, 0) is 28.5 Å². The van der Waals surface area contributed by atoms with E-state index in [4.69, 9.17) is 18.9 Å². The molecule has 2 N–H and O–H groups in total. The molecule has 48 heavy (non-hydrogen) atoms. The fourth-order valence-electron chi connectivity index (χ4n) is 6.57. The molecule has 2 unspecified atom stereocenters. The summed E-state index contributed by atoms with van der Waals surface area (Å²) in [5, 5.41) is 20.5. The Hall–Kier alpha value is -1.74. The van der Waals surface area contributed by atoms with Crippen LogP contribution in [0.25, 0.3) is 0 Å². The lowest BCUT2D eigenvalue weighted by Crippen LogP contribution is -2.07. The van der Waals surface area contributed by atoms with Crippen molar-refractivity contribution in [2.45, 2.75) is 192 Å². The summed E-state index contributed by atoms with van der Waals surface area (Å²) >= 11 is 0. The smallest absolute Gasteiger partial charge is 0.334 e. The van der Waals surface area contributed by atoms with E-state index in [2.05, 4.69) is 0 Å². The van der Waals surface area contributed by atoms with Crippen LogP contribution in [0.4, 0.5) is 0 Å². The maximum atomic E-state index is 11.6. The predicted molar refractivity (Wildman–Crippen MR) is 192 cm³/mol. The molecule has 2 heterocycles. The minimum Gasteiger partial charge on any atom is -0.455 e. The number of hydrogen-bond acceptors (Lipinski definition) is 8. The molecule has 0 saturated heterocycles. The Labute approximate surface area is 292 Å². The molecule has 2 aliphatic rings. The molecule has 2 aliphatic heterocycles. The number of rotatable bonds is 33. The molecule has 8 nitrogen and oxygen atoms in total. The SMILES string of the molecule is C[C@H]1C=C(CCCCCCCC(O)CCCCCCOCCOCCCCCCC(O)CCCCCCCC2=C[C@H](C)OC2=O)C(=O)O1. The molecule has 0 saturated carbocycles. The molecular formula is C40H70O8. The lowest BCUT2D eigenvalue weighted by Gasteiger charge is -2.11. The van der Waals surface area contributed by atoms with Crippen LogP contribution in [0.3, 0.4) is 0 Å². The molecule has 0 bridgehead atoms. The Balaban J connectivity index is 1.21. The van der Waals surface area contributed by atoms with E-state index in [1.165, 1.54) is 0 Å². The number of aliphatic hydroxyl groups is 2. The van der Waals surface area contributed by atoms with Crippen LogP contribution in [-0.4, -0.2) is 73.0 Å². The number of aliphatic hydroxyl groups excluding tert-OH is 2. The van der Waals surface area contributed by atoms with Gasteiger partial charge in [0.05, 0.1) is 25.4 Å². The Morgan fingerprint density at radius 2 is 0.812 bits per heavy atom. The highest BCUT2D eigenvalue weighted by Gasteiger charge is 2.22. The van der Waals surface area contributed by atoms with E-state index >= 15 is 0 Å². The monoisotopic (exact) mass is 679 g/mol. The Morgan fingerprint density at radius 3 is 1.15 bits per heavy atom. The first-order valence-electron chi connectivity index (χ1n) is 19.7. The molecule has 0 aromatic rings. The van der Waals surface area contributed by atoms with E-state index in [9.17, 15) is 19.8 Å². The van der Waals surface area contributed by atoms with Crippen molar-refractivity contribution < 1.29 is 38.7 Å². The lowest BCUT2D eigenvalue weighted by molar-refractivity contribution is -0.140. The largest absolute Gasteiger partial charge is 0.455 e. The number of carbonyl (C=O) groups is 2. The van der Waals surface area contributed by atoms with Gasteiger partial charge in [-0.2, -0.15) is 0 Å². The third-order valence-electron chi connectivity index (χ3n) is 9.47. The fraction of sp³-hybridized carbons (Fsp3) is 0.850. The molecule has 2 rings (SSSR count). The van der Waals surface area contributed by atoms with Crippen molar-refractivity contribution in [3.8, 4) is 0 Å². The highest BCUT2D eigenvalue weighted by molar-refractivity contribution is 5.91. The van der Waals surface area contributed by atoms with E-state index in [0.717, 1.165) is 178 Å². The number of hydrogen-bond donors (Lipinski definition) is 2. The van der Waals surface area contributed by atoms with Crippen LogP contribution in [0.2, 0.25) is 0 Å². The van der Waals surface area contributed by atoms with Crippen molar-refractivity contribution >= 4 is 11.9 Å². The zero-order chi connectivity index (χ0) is 34.7. The second-order valence-electron chi connectivity index (χ2n) is 14.2. The second kappa shape index (κ2) is 28.0. The number of carbonyl (C=O) groups excluding carboxylic acids is 2. The van der Waals surface area contributed by atoms with Crippen LogP contribution >= 0.6 is 0 Å². The average molecular weight is 679 g/mol. The van der Waals surface area contributed by atoms with Gasteiger partial charge in [-0.3, -0.25) is 0 Å². The molecular weight excluding hydrogens is 608 g/mol. The van der Waals surface area contributed by atoms with Crippen molar-refractivity contribution in [2.75, 3.05) is 26.4 Å². The third-order valence-corrected chi connectivity index (χ3v) is 9.47. The van der Waals surface area contributed by atoms with E-state index in [1.54, 1.807) is 0 Å². The lowest BCUT2D eigenvalue weighted by atomic mass is 10.0. The quantitative estimate of drug-likeness (QED) is 0.0523. The van der Waals surface area contributed by atoms with Gasteiger partial charge in [0, 0.05) is 24.4 Å². The normalized spacial score (nSPS) is 18.9. The van der Waals surface area contributed by atoms with Crippen LogP contribution in [0.5, 0.6) is 0 Å². The van der Waals surface area contributed by atoms with Crippen molar-refractivity contribution in [2.24, 2.45) is 0 Å². The van der Waals surface area contributed by atoms with Crippen molar-refractivity contribution in [1.82, 2.24) is 0 Å². The molecule has 0 aliphatic carbocycles. The summed E-state index contributed by atoms with van der Waals surface area (Å²) in [6.07, 6.45) is 28.6. The van der Waals surface area contributed by atoms with Crippen LogP contribution in [0.1, 0.15) is 168 Å². The number of ether oxygens (including phenoxy) is 4. The first-order chi connectivity index (χ1) is 23.3. The van der Waals surface area contributed by atoms with Crippen LogP contribution in [0.15, 0.2) is 23.3 Å². The summed E-state index contributed by atoms with van der Waals surface area (Å²) in [6.45, 7) is 6.66. The number of unbranched alkanes of at least 4 members (excludes halogenated alkanes) is 14. The molecule has 4 atom stereocenters. The van der Waals surface area contributed by atoms with Crippen molar-refractivity contribution in [3.63, 3.8) is 0 Å². The van der Waals surface area contributed by atoms with E-state index < -0.39 is 0 Å². The maximum absolute atomic E-state index is 11.6. The summed E-state index contributed by atoms with van der Waals surface area (Å²) in [6, 6.07) is 0. The molecule has 0 aromatic heterocycles. The first-order valence-corrected chi connectivity index (χ1v) is 19.7. The molecule has 0 amide bonds. The van der Waals surface area contributed by atoms with Gasteiger partial charge in [-0.25, -0.2) is 9.59 Å². The fourth-order valence-corrected chi connectivity index (χ4v) is 6.57. The van der Waals surface area contributed by atoms with E-state index in [-0.39, 0.29) is 36.4 Å². The minimum absolute atomic E-state index is 0.0664. The summed E-state index contributed by atoms with van der Waals surface area (Å²) in [5.41, 5.74) is 1.68. The van der Waals surface area contributed by atoms with Gasteiger partial charge in [0.1, 0.15) is 12.2 Å².